The molecule has 0 bridgehead atoms. The molecule has 0 amide bonds. The highest BCUT2D eigenvalue weighted by Crippen LogP contribution is 2.29. The fourth-order valence-corrected chi connectivity index (χ4v) is 3.18. The number of hydrogen-bond donors (Lipinski definition) is 1. The second-order valence-corrected chi connectivity index (χ2v) is 5.71. The first-order chi connectivity index (χ1) is 8.70. The lowest BCUT2D eigenvalue weighted by Crippen LogP contribution is -2.38. The van der Waals surface area contributed by atoms with Gasteiger partial charge in [-0.25, -0.2) is 0 Å². The van der Waals surface area contributed by atoms with Crippen LogP contribution >= 0.6 is 0 Å². The lowest BCUT2D eigenvalue weighted by Gasteiger charge is -2.24. The quantitative estimate of drug-likeness (QED) is 0.840. The minimum atomic E-state index is 0.641. The molecule has 0 spiro atoms. The highest BCUT2D eigenvalue weighted by Gasteiger charge is 2.25. The number of rotatable bonds is 6. The zero-order valence-corrected chi connectivity index (χ0v) is 12.1. The van der Waals surface area contributed by atoms with E-state index < -0.39 is 0 Å². The molecule has 3 heteroatoms. The number of hydrogen-bond acceptors (Lipinski definition) is 2. The zero-order chi connectivity index (χ0) is 13.0. The molecule has 2 rings (SSSR count). The van der Waals surface area contributed by atoms with E-state index in [0.29, 0.717) is 6.04 Å². The fourth-order valence-electron chi connectivity index (χ4n) is 3.18. The van der Waals surface area contributed by atoms with Gasteiger partial charge in [0.1, 0.15) is 0 Å². The molecule has 1 saturated carbocycles. The van der Waals surface area contributed by atoms with Gasteiger partial charge in [-0.15, -0.1) is 0 Å². The van der Waals surface area contributed by atoms with Crippen LogP contribution in [0.2, 0.25) is 0 Å². The Balaban J connectivity index is 2.01. The molecule has 0 saturated heterocycles. The second-order valence-electron chi connectivity index (χ2n) is 5.71. The van der Waals surface area contributed by atoms with E-state index in [4.69, 9.17) is 0 Å². The molecule has 1 heterocycles. The highest BCUT2D eigenvalue weighted by atomic mass is 15.3. The summed E-state index contributed by atoms with van der Waals surface area (Å²) in [5.74, 6) is 0.867. The smallest absolute Gasteiger partial charge is 0.0596 e. The van der Waals surface area contributed by atoms with Gasteiger partial charge in [0.25, 0.3) is 0 Å². The molecular weight excluding hydrogens is 222 g/mol. The predicted molar refractivity (Wildman–Crippen MR) is 75.7 cm³/mol. The van der Waals surface area contributed by atoms with Crippen LogP contribution in [-0.2, 0) is 13.5 Å². The van der Waals surface area contributed by atoms with E-state index in [0.717, 1.165) is 24.6 Å². The number of aryl methyl sites for hydroxylation is 2. The molecule has 1 fully saturated rings. The lowest BCUT2D eigenvalue weighted by atomic mass is 9.94. The average molecular weight is 249 g/mol. The minimum Gasteiger partial charge on any atom is -0.313 e. The Morgan fingerprint density at radius 2 is 2.17 bits per heavy atom. The minimum absolute atomic E-state index is 0.641. The van der Waals surface area contributed by atoms with Gasteiger partial charge in [0, 0.05) is 25.2 Å². The number of nitrogens with zero attached hydrogens (tertiary/aromatic N) is 2. The maximum Gasteiger partial charge on any atom is 0.0596 e. The Morgan fingerprint density at radius 1 is 1.44 bits per heavy atom. The molecule has 1 N–H and O–H groups in total. The van der Waals surface area contributed by atoms with E-state index in [2.05, 4.69) is 37.4 Å². The van der Waals surface area contributed by atoms with Crippen molar-refractivity contribution >= 4 is 0 Å². The predicted octanol–water partition coefficient (Wildman–Crippen LogP) is 2.83. The van der Waals surface area contributed by atoms with Gasteiger partial charge in [-0.05, 0) is 44.7 Å². The molecule has 0 aliphatic heterocycles. The monoisotopic (exact) mass is 249 g/mol. The van der Waals surface area contributed by atoms with Crippen LogP contribution in [0, 0.1) is 12.8 Å². The van der Waals surface area contributed by atoms with E-state index in [-0.39, 0.29) is 0 Å². The Labute approximate surface area is 111 Å². The largest absolute Gasteiger partial charge is 0.313 e. The summed E-state index contributed by atoms with van der Waals surface area (Å²) in [6.07, 6.45) is 7.98. The van der Waals surface area contributed by atoms with Crippen LogP contribution in [-0.4, -0.2) is 22.4 Å². The normalized spacial score (nSPS) is 18.4. The van der Waals surface area contributed by atoms with Gasteiger partial charge >= 0.3 is 0 Å². The van der Waals surface area contributed by atoms with Crippen LogP contribution < -0.4 is 5.32 Å². The van der Waals surface area contributed by atoms with Gasteiger partial charge in [0.15, 0.2) is 0 Å². The van der Waals surface area contributed by atoms with Crippen molar-refractivity contribution in [1.29, 1.82) is 0 Å². The summed E-state index contributed by atoms with van der Waals surface area (Å²) in [7, 11) is 2.06. The van der Waals surface area contributed by atoms with Crippen molar-refractivity contribution in [2.45, 2.75) is 58.4 Å². The van der Waals surface area contributed by atoms with Crippen LogP contribution in [0.5, 0.6) is 0 Å². The first kappa shape index (κ1) is 13.6. The van der Waals surface area contributed by atoms with Crippen molar-refractivity contribution in [3.8, 4) is 0 Å². The molecule has 1 aliphatic rings. The molecule has 1 unspecified atom stereocenters. The lowest BCUT2D eigenvalue weighted by molar-refractivity contribution is 0.351. The van der Waals surface area contributed by atoms with Crippen molar-refractivity contribution < 1.29 is 0 Å². The van der Waals surface area contributed by atoms with Gasteiger partial charge in [0.05, 0.1) is 5.69 Å². The summed E-state index contributed by atoms with van der Waals surface area (Å²) in [6, 6.07) is 2.87. The van der Waals surface area contributed by atoms with Crippen LogP contribution in [0.1, 0.15) is 50.4 Å². The van der Waals surface area contributed by atoms with Gasteiger partial charge in [-0.2, -0.15) is 5.10 Å². The molecule has 1 aromatic heterocycles. The van der Waals surface area contributed by atoms with Crippen molar-refractivity contribution in [3.63, 3.8) is 0 Å². The standard InChI is InChI=1S/C15H27N3/c1-4-9-16-15(13-7-5-6-8-13)11-14-10-12(2)17-18(14)3/h10,13,15-16H,4-9,11H2,1-3H3. The van der Waals surface area contributed by atoms with E-state index in [1.165, 1.54) is 37.8 Å². The van der Waals surface area contributed by atoms with E-state index in [1.807, 2.05) is 4.68 Å². The van der Waals surface area contributed by atoms with E-state index >= 15 is 0 Å². The van der Waals surface area contributed by atoms with Crippen LogP contribution in [0.15, 0.2) is 6.07 Å². The molecule has 0 aromatic carbocycles. The SMILES string of the molecule is CCCNC(Cc1cc(C)nn1C)C1CCCC1. The van der Waals surface area contributed by atoms with E-state index in [9.17, 15) is 0 Å². The Bertz CT molecular complexity index is 364. The molecule has 1 aliphatic carbocycles. The summed E-state index contributed by atoms with van der Waals surface area (Å²) in [6.45, 7) is 5.46. The van der Waals surface area contributed by atoms with Gasteiger partial charge in [0.2, 0.25) is 0 Å². The summed E-state index contributed by atoms with van der Waals surface area (Å²) in [4.78, 5) is 0. The van der Waals surface area contributed by atoms with Gasteiger partial charge in [-0.3, -0.25) is 4.68 Å². The topological polar surface area (TPSA) is 29.9 Å². The highest BCUT2D eigenvalue weighted by molar-refractivity contribution is 5.10. The molecule has 1 atom stereocenters. The summed E-state index contributed by atoms with van der Waals surface area (Å²) < 4.78 is 2.05. The maximum absolute atomic E-state index is 4.46. The van der Waals surface area contributed by atoms with Crippen LogP contribution in [0.25, 0.3) is 0 Å². The Morgan fingerprint density at radius 3 is 2.72 bits per heavy atom. The van der Waals surface area contributed by atoms with Crippen molar-refractivity contribution in [3.05, 3.63) is 17.5 Å². The summed E-state index contributed by atoms with van der Waals surface area (Å²) >= 11 is 0. The van der Waals surface area contributed by atoms with Crippen LogP contribution in [0.3, 0.4) is 0 Å². The number of aromatic nitrogens is 2. The molecular formula is C15H27N3. The summed E-state index contributed by atoms with van der Waals surface area (Å²) in [5.41, 5.74) is 2.50. The maximum atomic E-state index is 4.46. The van der Waals surface area contributed by atoms with Crippen molar-refractivity contribution in [2.75, 3.05) is 6.54 Å². The van der Waals surface area contributed by atoms with Gasteiger partial charge in [-0.1, -0.05) is 19.8 Å². The van der Waals surface area contributed by atoms with Crippen molar-refractivity contribution in [1.82, 2.24) is 15.1 Å². The Hall–Kier alpha value is -0.830. The first-order valence-corrected chi connectivity index (χ1v) is 7.43. The van der Waals surface area contributed by atoms with Crippen molar-refractivity contribution in [2.24, 2.45) is 13.0 Å². The first-order valence-electron chi connectivity index (χ1n) is 7.43. The number of nitrogens with one attached hydrogen (secondary N) is 1. The third-order valence-corrected chi connectivity index (χ3v) is 4.15. The molecule has 0 radical (unpaired) electrons. The molecule has 3 nitrogen and oxygen atoms in total. The average Bonchev–Trinajstić information content (AvgIpc) is 2.95. The molecule has 18 heavy (non-hydrogen) atoms. The Kier molecular flexibility index (Phi) is 4.81. The van der Waals surface area contributed by atoms with E-state index in [1.54, 1.807) is 0 Å². The molecule has 102 valence electrons. The zero-order valence-electron chi connectivity index (χ0n) is 12.1. The third-order valence-electron chi connectivity index (χ3n) is 4.15. The fraction of sp³-hybridized carbons (Fsp3) is 0.800. The molecule has 1 aromatic rings. The second kappa shape index (κ2) is 6.37. The third kappa shape index (κ3) is 3.35. The van der Waals surface area contributed by atoms with Gasteiger partial charge < -0.3 is 5.32 Å². The summed E-state index contributed by atoms with van der Waals surface area (Å²) in [5, 5.41) is 8.22. The van der Waals surface area contributed by atoms with Crippen LogP contribution in [0.4, 0.5) is 0 Å².